The highest BCUT2D eigenvalue weighted by atomic mass is 16.6. The van der Waals surface area contributed by atoms with Crippen LogP contribution in [-0.4, -0.2) is 42.5 Å². The van der Waals surface area contributed by atoms with Crippen LogP contribution in [0.4, 0.5) is 0 Å². The van der Waals surface area contributed by atoms with Crippen molar-refractivity contribution in [1.82, 2.24) is 0 Å². The number of methoxy groups -OCH3 is 1. The SMILES string of the molecule is COC(=O)CC1OC(C)(C)C2C(OC(C)=O)CC3(C)Oc4cc(C)oc(=O)c4CC3C12C. The fourth-order valence-electron chi connectivity index (χ4n) is 6.83. The van der Waals surface area contributed by atoms with E-state index in [2.05, 4.69) is 6.92 Å². The Kier molecular flexibility index (Phi) is 5.23. The summed E-state index contributed by atoms with van der Waals surface area (Å²) in [6.07, 6.45) is -0.0412. The van der Waals surface area contributed by atoms with Gasteiger partial charge in [-0.15, -0.1) is 0 Å². The maximum Gasteiger partial charge on any atom is 0.342 e. The van der Waals surface area contributed by atoms with Crippen LogP contribution in [0, 0.1) is 24.2 Å². The van der Waals surface area contributed by atoms with Crippen LogP contribution in [0.15, 0.2) is 15.3 Å². The third kappa shape index (κ3) is 3.34. The molecule has 1 saturated heterocycles. The smallest absolute Gasteiger partial charge is 0.342 e. The fraction of sp³-hybridized carbons (Fsp3) is 0.708. The molecule has 6 unspecified atom stereocenters. The molecule has 6 atom stereocenters. The molecule has 4 rings (SSSR count). The van der Waals surface area contributed by atoms with Gasteiger partial charge in [0.15, 0.2) is 0 Å². The van der Waals surface area contributed by atoms with Gasteiger partial charge in [-0.05, 0) is 34.1 Å². The number of aryl methyl sites for hydroxylation is 1. The first-order valence-electron chi connectivity index (χ1n) is 11.1. The Bertz CT molecular complexity index is 1010. The molecular formula is C24H32O8. The van der Waals surface area contributed by atoms with Crippen molar-refractivity contribution in [3.05, 3.63) is 27.8 Å². The van der Waals surface area contributed by atoms with Gasteiger partial charge in [0.25, 0.3) is 0 Å². The van der Waals surface area contributed by atoms with Crippen molar-refractivity contribution in [2.45, 2.75) is 84.2 Å². The molecule has 0 bridgehead atoms. The summed E-state index contributed by atoms with van der Waals surface area (Å²) < 4.78 is 29.1. The van der Waals surface area contributed by atoms with Crippen LogP contribution in [0.3, 0.4) is 0 Å². The largest absolute Gasteiger partial charge is 0.486 e. The molecule has 2 aliphatic heterocycles. The number of ether oxygens (including phenoxy) is 4. The van der Waals surface area contributed by atoms with Crippen molar-refractivity contribution in [1.29, 1.82) is 0 Å². The lowest BCUT2D eigenvalue weighted by Crippen LogP contribution is -2.66. The monoisotopic (exact) mass is 448 g/mol. The minimum atomic E-state index is -0.739. The number of carbonyl (C=O) groups is 2. The van der Waals surface area contributed by atoms with E-state index in [1.54, 1.807) is 13.0 Å². The molecule has 1 aliphatic carbocycles. The van der Waals surface area contributed by atoms with Crippen molar-refractivity contribution in [2.75, 3.05) is 7.11 Å². The molecule has 3 heterocycles. The quantitative estimate of drug-likeness (QED) is 0.651. The molecule has 0 radical (unpaired) electrons. The highest BCUT2D eigenvalue weighted by Gasteiger charge is 2.71. The fourth-order valence-corrected chi connectivity index (χ4v) is 6.83. The topological polar surface area (TPSA) is 101 Å². The Morgan fingerprint density at radius 2 is 1.91 bits per heavy atom. The molecule has 2 fully saturated rings. The van der Waals surface area contributed by atoms with Gasteiger partial charge in [0, 0.05) is 36.7 Å². The van der Waals surface area contributed by atoms with E-state index in [-0.39, 0.29) is 30.2 Å². The van der Waals surface area contributed by atoms with Gasteiger partial charge in [-0.2, -0.15) is 0 Å². The third-order valence-corrected chi connectivity index (χ3v) is 7.81. The summed E-state index contributed by atoms with van der Waals surface area (Å²) in [5.74, 6) is -0.170. The predicted octanol–water partition coefficient (Wildman–Crippen LogP) is 2.96. The van der Waals surface area contributed by atoms with Crippen LogP contribution in [0.2, 0.25) is 0 Å². The van der Waals surface area contributed by atoms with Crippen molar-refractivity contribution < 1.29 is 33.0 Å². The van der Waals surface area contributed by atoms with Gasteiger partial charge in [0.1, 0.15) is 23.2 Å². The number of hydrogen-bond donors (Lipinski definition) is 0. The van der Waals surface area contributed by atoms with Gasteiger partial charge >= 0.3 is 17.6 Å². The van der Waals surface area contributed by atoms with Gasteiger partial charge in [0.05, 0.1) is 30.8 Å². The second kappa shape index (κ2) is 7.33. The molecule has 3 aliphatic rings. The summed E-state index contributed by atoms with van der Waals surface area (Å²) in [4.78, 5) is 37.0. The molecule has 0 spiro atoms. The Hall–Kier alpha value is -2.35. The standard InChI is InChI=1S/C24H32O8/c1-12-8-15-14(21(27)29-12)9-17-23(5,31-15)11-16(30-13(2)25)20-22(3,4)32-18(24(17,20)6)10-19(26)28-7/h8,16-18,20H,9-11H2,1-7H3. The van der Waals surface area contributed by atoms with E-state index in [0.29, 0.717) is 29.9 Å². The van der Waals surface area contributed by atoms with Crippen LogP contribution in [-0.2, 0) is 30.2 Å². The zero-order valence-corrected chi connectivity index (χ0v) is 19.8. The molecule has 8 heteroatoms. The minimum absolute atomic E-state index is 0.0572. The van der Waals surface area contributed by atoms with Crippen molar-refractivity contribution in [2.24, 2.45) is 17.3 Å². The first-order valence-corrected chi connectivity index (χ1v) is 11.1. The summed E-state index contributed by atoms with van der Waals surface area (Å²) in [6, 6.07) is 1.73. The molecule has 0 aromatic carbocycles. The van der Waals surface area contributed by atoms with E-state index >= 15 is 0 Å². The average Bonchev–Trinajstić information content (AvgIpc) is 2.85. The van der Waals surface area contributed by atoms with Gasteiger partial charge in [0.2, 0.25) is 0 Å². The molecule has 1 saturated carbocycles. The van der Waals surface area contributed by atoms with Gasteiger partial charge in [-0.1, -0.05) is 6.92 Å². The first kappa shape index (κ1) is 22.8. The molecule has 176 valence electrons. The lowest BCUT2D eigenvalue weighted by molar-refractivity contribution is -0.190. The molecular weight excluding hydrogens is 416 g/mol. The van der Waals surface area contributed by atoms with Gasteiger partial charge in [-0.25, -0.2) is 4.79 Å². The highest BCUT2D eigenvalue weighted by molar-refractivity contribution is 5.70. The van der Waals surface area contributed by atoms with Crippen LogP contribution in [0.1, 0.15) is 58.8 Å². The van der Waals surface area contributed by atoms with E-state index in [0.717, 1.165) is 0 Å². The van der Waals surface area contributed by atoms with Crippen molar-refractivity contribution >= 4 is 11.9 Å². The number of carbonyl (C=O) groups excluding carboxylic acids is 2. The molecule has 0 N–H and O–H groups in total. The summed E-state index contributed by atoms with van der Waals surface area (Å²) >= 11 is 0. The molecule has 0 amide bonds. The van der Waals surface area contributed by atoms with Crippen LogP contribution >= 0.6 is 0 Å². The number of fused-ring (bicyclic) bond motifs is 4. The summed E-state index contributed by atoms with van der Waals surface area (Å²) in [6.45, 7) is 11.1. The number of hydrogen-bond acceptors (Lipinski definition) is 8. The van der Waals surface area contributed by atoms with Gasteiger partial charge in [-0.3, -0.25) is 9.59 Å². The predicted molar refractivity (Wildman–Crippen MR) is 113 cm³/mol. The molecule has 1 aromatic rings. The van der Waals surface area contributed by atoms with Crippen molar-refractivity contribution in [3.63, 3.8) is 0 Å². The second-order valence-electron chi connectivity index (χ2n) is 10.3. The second-order valence-corrected chi connectivity index (χ2v) is 10.3. The van der Waals surface area contributed by atoms with Crippen LogP contribution in [0.25, 0.3) is 0 Å². The molecule has 1 aromatic heterocycles. The summed E-state index contributed by atoms with van der Waals surface area (Å²) in [7, 11) is 1.35. The maximum atomic E-state index is 12.7. The Morgan fingerprint density at radius 1 is 1.22 bits per heavy atom. The maximum absolute atomic E-state index is 12.7. The van der Waals surface area contributed by atoms with E-state index in [4.69, 9.17) is 23.4 Å². The Morgan fingerprint density at radius 3 is 2.53 bits per heavy atom. The van der Waals surface area contributed by atoms with Crippen molar-refractivity contribution in [3.8, 4) is 5.75 Å². The minimum Gasteiger partial charge on any atom is -0.486 e. The summed E-state index contributed by atoms with van der Waals surface area (Å²) in [5.41, 5.74) is -1.97. The average molecular weight is 449 g/mol. The van der Waals surface area contributed by atoms with E-state index < -0.39 is 34.5 Å². The summed E-state index contributed by atoms with van der Waals surface area (Å²) in [5, 5.41) is 0. The lowest BCUT2D eigenvalue weighted by Gasteiger charge is -2.59. The molecule has 32 heavy (non-hydrogen) atoms. The zero-order chi connectivity index (χ0) is 23.6. The van der Waals surface area contributed by atoms with E-state index in [9.17, 15) is 14.4 Å². The highest BCUT2D eigenvalue weighted by Crippen LogP contribution is 2.65. The van der Waals surface area contributed by atoms with E-state index in [1.807, 2.05) is 20.8 Å². The zero-order valence-electron chi connectivity index (χ0n) is 19.8. The Labute approximate surface area is 187 Å². The van der Waals surface area contributed by atoms with Gasteiger partial charge < -0.3 is 23.4 Å². The van der Waals surface area contributed by atoms with Crippen LogP contribution in [0.5, 0.6) is 5.75 Å². The Balaban J connectivity index is 1.88. The molecule has 8 nitrogen and oxygen atoms in total. The lowest BCUT2D eigenvalue weighted by atomic mass is 9.49. The number of esters is 2. The third-order valence-electron chi connectivity index (χ3n) is 7.81. The van der Waals surface area contributed by atoms with E-state index in [1.165, 1.54) is 14.0 Å². The van der Waals surface area contributed by atoms with Crippen LogP contribution < -0.4 is 10.4 Å². The normalized spacial score (nSPS) is 36.8. The first-order chi connectivity index (χ1) is 14.8. The number of rotatable bonds is 3.